The van der Waals surface area contributed by atoms with Crippen molar-refractivity contribution in [3.63, 3.8) is 0 Å². The lowest BCUT2D eigenvalue weighted by atomic mass is 10.1. The van der Waals surface area contributed by atoms with Gasteiger partial charge in [0, 0.05) is 16.5 Å². The lowest BCUT2D eigenvalue weighted by Gasteiger charge is -2.02. The van der Waals surface area contributed by atoms with E-state index in [0.717, 1.165) is 17.1 Å². The molecule has 0 unspecified atom stereocenters. The summed E-state index contributed by atoms with van der Waals surface area (Å²) in [5, 5.41) is 3.49. The summed E-state index contributed by atoms with van der Waals surface area (Å²) in [5.74, 6) is -0.170. The smallest absolute Gasteiger partial charge is 0.266 e. The molecule has 0 bridgehead atoms. The fourth-order valence-electron chi connectivity index (χ4n) is 2.21. The molecule has 0 aliphatic carbocycles. The van der Waals surface area contributed by atoms with Crippen molar-refractivity contribution >= 4 is 17.3 Å². The van der Waals surface area contributed by atoms with Crippen molar-refractivity contribution < 1.29 is 4.79 Å². The van der Waals surface area contributed by atoms with Gasteiger partial charge in [-0.3, -0.25) is 9.59 Å². The van der Waals surface area contributed by atoms with E-state index in [0.29, 0.717) is 16.1 Å². The molecule has 24 heavy (non-hydrogen) atoms. The summed E-state index contributed by atoms with van der Waals surface area (Å²) >= 11 is 1.11. The molecule has 7 heteroatoms. The van der Waals surface area contributed by atoms with Crippen LogP contribution in [0.3, 0.4) is 0 Å². The van der Waals surface area contributed by atoms with Gasteiger partial charge in [0.15, 0.2) is 0 Å². The summed E-state index contributed by atoms with van der Waals surface area (Å²) in [7, 11) is 0. The Morgan fingerprint density at radius 1 is 1.12 bits per heavy atom. The first-order chi connectivity index (χ1) is 11.7. The number of carbonyl (C=O) groups is 1. The monoisotopic (exact) mass is 336 g/mol. The van der Waals surface area contributed by atoms with E-state index < -0.39 is 0 Å². The normalized spacial score (nSPS) is 10.2. The van der Waals surface area contributed by atoms with Crippen molar-refractivity contribution in [1.29, 1.82) is 0 Å². The second-order valence-electron chi connectivity index (χ2n) is 4.98. The lowest BCUT2D eigenvalue weighted by molar-refractivity contribution is 0.104. The Morgan fingerprint density at radius 3 is 2.50 bits per heavy atom. The highest BCUT2D eigenvalue weighted by atomic mass is 32.1. The fraction of sp³-hybridized carbons (Fsp3) is 0.0588. The maximum absolute atomic E-state index is 12.4. The van der Waals surface area contributed by atoms with E-state index in [1.165, 1.54) is 10.0 Å². The molecule has 0 N–H and O–H groups in total. The molecule has 3 rings (SSSR count). The van der Waals surface area contributed by atoms with E-state index in [-0.39, 0.29) is 17.9 Å². The maximum Gasteiger partial charge on any atom is 0.266 e. The van der Waals surface area contributed by atoms with Crippen LogP contribution in [-0.4, -0.2) is 9.74 Å². The van der Waals surface area contributed by atoms with Crippen LogP contribution in [-0.2, 0) is 6.54 Å². The number of nitrogens with zero attached hydrogens (tertiary/aromatic N) is 4. The van der Waals surface area contributed by atoms with Gasteiger partial charge in [0.2, 0.25) is 5.78 Å². The van der Waals surface area contributed by atoms with E-state index in [2.05, 4.69) is 10.0 Å². The number of hydrogen-bond donors (Lipinski definition) is 0. The second kappa shape index (κ2) is 6.95. The minimum absolute atomic E-state index is 0.170. The summed E-state index contributed by atoms with van der Waals surface area (Å²) in [6, 6.07) is 17.3. The third kappa shape index (κ3) is 3.27. The van der Waals surface area contributed by atoms with E-state index in [1.54, 1.807) is 48.5 Å². The Balaban J connectivity index is 1.90. The molecule has 0 radical (unpaired) electrons. The van der Waals surface area contributed by atoms with Crippen LogP contribution in [0.4, 0.5) is 0 Å². The van der Waals surface area contributed by atoms with Gasteiger partial charge in [0.05, 0.1) is 17.1 Å². The van der Waals surface area contributed by atoms with Gasteiger partial charge in [-0.2, -0.15) is 0 Å². The molecule has 0 aliphatic heterocycles. The first kappa shape index (κ1) is 15.7. The summed E-state index contributed by atoms with van der Waals surface area (Å²) in [6.07, 6.45) is 0. The first-order valence-corrected chi connectivity index (χ1v) is 7.89. The minimum atomic E-state index is -0.248. The van der Waals surface area contributed by atoms with Crippen LogP contribution >= 0.6 is 11.5 Å². The van der Waals surface area contributed by atoms with Gasteiger partial charge < -0.3 is 0 Å². The van der Waals surface area contributed by atoms with Crippen LogP contribution in [0.5, 0.6) is 0 Å². The zero-order chi connectivity index (χ0) is 16.9. The molecule has 3 aromatic rings. The van der Waals surface area contributed by atoms with Crippen molar-refractivity contribution in [2.24, 2.45) is 5.11 Å². The highest BCUT2D eigenvalue weighted by Crippen LogP contribution is 2.17. The van der Waals surface area contributed by atoms with Crippen molar-refractivity contribution in [2.45, 2.75) is 6.54 Å². The number of carbonyl (C=O) groups excluding carboxylic acids is 1. The summed E-state index contributed by atoms with van der Waals surface area (Å²) < 4.78 is 1.47. The highest BCUT2D eigenvalue weighted by molar-refractivity contribution is 7.09. The predicted octanol–water partition coefficient (Wildman–Crippen LogP) is 3.94. The molecule has 0 atom stereocenters. The average Bonchev–Trinajstić information content (AvgIpc) is 3.02. The standard InChI is InChI=1S/C17H12N4O2S/c18-20-19-11-12-6-8-14(9-7-12)21-16(22)10-15(24-21)17(23)13-4-2-1-3-5-13/h1-10H,11H2. The number of rotatable bonds is 5. The van der Waals surface area contributed by atoms with Crippen molar-refractivity contribution in [2.75, 3.05) is 0 Å². The molecule has 0 amide bonds. The minimum Gasteiger partial charge on any atom is -0.288 e. The highest BCUT2D eigenvalue weighted by Gasteiger charge is 2.14. The summed E-state index contributed by atoms with van der Waals surface area (Å²) in [5.41, 5.74) is 10.1. The molecule has 0 aliphatic rings. The largest absolute Gasteiger partial charge is 0.288 e. The Labute approximate surface area is 141 Å². The van der Waals surface area contributed by atoms with Crippen molar-refractivity contribution in [3.8, 4) is 5.69 Å². The lowest BCUT2D eigenvalue weighted by Crippen LogP contribution is -2.09. The molecule has 2 aromatic carbocycles. The van der Waals surface area contributed by atoms with Crippen LogP contribution in [0.2, 0.25) is 0 Å². The quantitative estimate of drug-likeness (QED) is 0.306. The second-order valence-corrected chi connectivity index (χ2v) is 5.97. The van der Waals surface area contributed by atoms with Gasteiger partial charge in [0.1, 0.15) is 0 Å². The molecule has 1 heterocycles. The van der Waals surface area contributed by atoms with Gasteiger partial charge in [-0.1, -0.05) is 47.6 Å². The van der Waals surface area contributed by atoms with Crippen LogP contribution in [0.25, 0.3) is 16.1 Å². The topological polar surface area (TPSA) is 87.8 Å². The zero-order valence-corrected chi connectivity index (χ0v) is 13.3. The molecule has 0 spiro atoms. The molecule has 6 nitrogen and oxygen atoms in total. The Kier molecular flexibility index (Phi) is 4.56. The Bertz CT molecular complexity index is 968. The van der Waals surface area contributed by atoms with Crippen molar-refractivity contribution in [1.82, 2.24) is 3.96 Å². The maximum atomic E-state index is 12.4. The molecule has 0 fully saturated rings. The SMILES string of the molecule is [N-]=[N+]=NCc1ccc(-n2sc(C(=O)c3ccccc3)cc2=O)cc1. The number of hydrogen-bond acceptors (Lipinski definition) is 4. The number of azide groups is 1. The van der Waals surface area contributed by atoms with E-state index in [1.807, 2.05) is 6.07 Å². The van der Waals surface area contributed by atoms with Crippen molar-refractivity contribution in [3.05, 3.63) is 97.5 Å². The number of benzene rings is 2. The molecule has 1 aromatic heterocycles. The third-order valence-electron chi connectivity index (χ3n) is 3.39. The van der Waals surface area contributed by atoms with Crippen LogP contribution in [0.15, 0.2) is 70.6 Å². The van der Waals surface area contributed by atoms with Crippen LogP contribution < -0.4 is 5.56 Å². The van der Waals surface area contributed by atoms with Gasteiger partial charge in [-0.25, -0.2) is 3.96 Å². The number of aromatic nitrogens is 1. The van der Waals surface area contributed by atoms with Gasteiger partial charge in [0.25, 0.3) is 5.56 Å². The van der Waals surface area contributed by atoms with Crippen LogP contribution in [0.1, 0.15) is 20.8 Å². The molecule has 0 saturated carbocycles. The Morgan fingerprint density at radius 2 is 1.83 bits per heavy atom. The van der Waals surface area contributed by atoms with Gasteiger partial charge in [-0.15, -0.1) is 0 Å². The van der Waals surface area contributed by atoms with E-state index in [9.17, 15) is 9.59 Å². The predicted molar refractivity (Wildman–Crippen MR) is 92.6 cm³/mol. The fourth-order valence-corrected chi connectivity index (χ4v) is 3.13. The van der Waals surface area contributed by atoms with Gasteiger partial charge >= 0.3 is 0 Å². The molecular formula is C17H12N4O2S. The first-order valence-electron chi connectivity index (χ1n) is 7.12. The molecule has 118 valence electrons. The third-order valence-corrected chi connectivity index (χ3v) is 4.46. The van der Waals surface area contributed by atoms with E-state index in [4.69, 9.17) is 5.53 Å². The molecular weight excluding hydrogens is 324 g/mol. The average molecular weight is 336 g/mol. The summed E-state index contributed by atoms with van der Waals surface area (Å²) in [4.78, 5) is 27.7. The van der Waals surface area contributed by atoms with Crippen LogP contribution in [0, 0.1) is 0 Å². The zero-order valence-electron chi connectivity index (χ0n) is 12.5. The number of ketones is 1. The summed E-state index contributed by atoms with van der Waals surface area (Å²) in [6.45, 7) is 0.258. The Hall–Kier alpha value is -3.15. The molecule has 0 saturated heterocycles. The van der Waals surface area contributed by atoms with E-state index >= 15 is 0 Å². The van der Waals surface area contributed by atoms with Gasteiger partial charge in [-0.05, 0) is 34.8 Å².